The lowest BCUT2D eigenvalue weighted by Gasteiger charge is -2.07. The van der Waals surface area contributed by atoms with Crippen LogP contribution in [0.5, 0.6) is 0 Å². The molecule has 0 saturated heterocycles. The van der Waals surface area contributed by atoms with Crippen molar-refractivity contribution in [1.29, 1.82) is 0 Å². The van der Waals surface area contributed by atoms with Gasteiger partial charge in [-0.3, -0.25) is 0 Å². The van der Waals surface area contributed by atoms with Gasteiger partial charge in [0.05, 0.1) is 15.6 Å². The molecule has 17 heavy (non-hydrogen) atoms. The molecule has 0 aliphatic rings. The normalized spacial score (nSPS) is 11.3. The summed E-state index contributed by atoms with van der Waals surface area (Å²) in [6.07, 6.45) is 2.40. The van der Waals surface area contributed by atoms with Crippen molar-refractivity contribution in [3.63, 3.8) is 0 Å². The summed E-state index contributed by atoms with van der Waals surface area (Å²) in [4.78, 5) is 9.52. The zero-order chi connectivity index (χ0) is 12.3. The van der Waals surface area contributed by atoms with Crippen LogP contribution >= 0.6 is 22.7 Å². The quantitative estimate of drug-likeness (QED) is 0.821. The lowest BCUT2D eigenvalue weighted by atomic mass is 10.2. The van der Waals surface area contributed by atoms with E-state index in [2.05, 4.69) is 48.4 Å². The fraction of sp³-hybridized carbons (Fsp3) is 0.462. The largest absolute Gasteiger partial charge is 0.309 e. The van der Waals surface area contributed by atoms with E-state index in [1.54, 1.807) is 11.3 Å². The molecule has 0 spiro atoms. The van der Waals surface area contributed by atoms with Crippen molar-refractivity contribution >= 4 is 22.7 Å². The standard InChI is InChI=1S/C13H18N2S2/c1-10-14-12(9-16-10)13-7-6-11(17-13)5-4-8-15(2)3/h6-7,9H,4-5,8H2,1-3H3. The highest BCUT2D eigenvalue weighted by Gasteiger charge is 2.06. The molecule has 2 aromatic heterocycles. The summed E-state index contributed by atoms with van der Waals surface area (Å²) in [5.41, 5.74) is 1.14. The Hall–Kier alpha value is -0.710. The van der Waals surface area contributed by atoms with Gasteiger partial charge in [0.15, 0.2) is 0 Å². The van der Waals surface area contributed by atoms with Crippen molar-refractivity contribution in [3.05, 3.63) is 27.4 Å². The number of hydrogen-bond acceptors (Lipinski definition) is 4. The van der Waals surface area contributed by atoms with Crippen LogP contribution in [0.4, 0.5) is 0 Å². The van der Waals surface area contributed by atoms with Gasteiger partial charge in [-0.2, -0.15) is 0 Å². The van der Waals surface area contributed by atoms with Gasteiger partial charge in [-0.1, -0.05) is 0 Å². The van der Waals surface area contributed by atoms with Crippen molar-refractivity contribution in [1.82, 2.24) is 9.88 Å². The molecular weight excluding hydrogens is 248 g/mol. The molecule has 0 amide bonds. The Morgan fingerprint density at radius 1 is 1.29 bits per heavy atom. The zero-order valence-electron chi connectivity index (χ0n) is 10.6. The molecule has 2 aromatic rings. The van der Waals surface area contributed by atoms with Gasteiger partial charge in [0, 0.05) is 10.3 Å². The molecule has 2 nitrogen and oxygen atoms in total. The molecular formula is C13H18N2S2. The summed E-state index contributed by atoms with van der Waals surface area (Å²) >= 11 is 3.60. The Labute approximate surface area is 111 Å². The summed E-state index contributed by atoms with van der Waals surface area (Å²) in [5, 5.41) is 3.28. The number of thiazole rings is 1. The maximum atomic E-state index is 4.52. The minimum absolute atomic E-state index is 1.14. The Kier molecular flexibility index (Phi) is 4.31. The average Bonchev–Trinajstić information content (AvgIpc) is 2.86. The molecule has 0 bridgehead atoms. The number of aryl methyl sites for hydroxylation is 2. The summed E-state index contributed by atoms with van der Waals surface area (Å²) in [7, 11) is 4.25. The third kappa shape index (κ3) is 3.63. The van der Waals surface area contributed by atoms with Gasteiger partial charge in [-0.15, -0.1) is 22.7 Å². The second kappa shape index (κ2) is 5.76. The highest BCUT2D eigenvalue weighted by Crippen LogP contribution is 2.29. The van der Waals surface area contributed by atoms with E-state index in [4.69, 9.17) is 0 Å². The summed E-state index contributed by atoms with van der Waals surface area (Å²) < 4.78 is 0. The molecule has 0 saturated carbocycles. The third-order valence-electron chi connectivity index (χ3n) is 2.56. The molecule has 0 aliphatic heterocycles. The van der Waals surface area contributed by atoms with E-state index < -0.39 is 0 Å². The molecule has 4 heteroatoms. The van der Waals surface area contributed by atoms with E-state index in [0.29, 0.717) is 0 Å². The fourth-order valence-electron chi connectivity index (χ4n) is 1.70. The summed E-state index contributed by atoms with van der Waals surface area (Å²) in [5.74, 6) is 0. The maximum Gasteiger partial charge on any atom is 0.0914 e. The van der Waals surface area contributed by atoms with Crippen molar-refractivity contribution in [2.45, 2.75) is 19.8 Å². The second-order valence-electron chi connectivity index (χ2n) is 4.42. The lowest BCUT2D eigenvalue weighted by molar-refractivity contribution is 0.401. The van der Waals surface area contributed by atoms with Gasteiger partial charge in [0.1, 0.15) is 0 Å². The molecule has 0 radical (unpaired) electrons. The Morgan fingerprint density at radius 3 is 2.76 bits per heavy atom. The number of aromatic nitrogens is 1. The van der Waals surface area contributed by atoms with E-state index in [1.807, 2.05) is 11.3 Å². The van der Waals surface area contributed by atoms with Crippen molar-refractivity contribution in [2.24, 2.45) is 0 Å². The van der Waals surface area contributed by atoms with Gasteiger partial charge in [0.25, 0.3) is 0 Å². The van der Waals surface area contributed by atoms with Crippen LogP contribution in [0.15, 0.2) is 17.5 Å². The van der Waals surface area contributed by atoms with E-state index in [9.17, 15) is 0 Å². The van der Waals surface area contributed by atoms with Gasteiger partial charge in [0.2, 0.25) is 0 Å². The van der Waals surface area contributed by atoms with Crippen LogP contribution in [0.3, 0.4) is 0 Å². The van der Waals surface area contributed by atoms with Crippen molar-refractivity contribution in [3.8, 4) is 10.6 Å². The number of nitrogens with zero attached hydrogens (tertiary/aromatic N) is 2. The predicted octanol–water partition coefficient (Wildman–Crippen LogP) is 3.67. The third-order valence-corrected chi connectivity index (χ3v) is 4.50. The summed E-state index contributed by atoms with van der Waals surface area (Å²) in [6.45, 7) is 3.21. The fourth-order valence-corrected chi connectivity index (χ4v) is 3.39. The molecule has 0 N–H and O–H groups in total. The zero-order valence-corrected chi connectivity index (χ0v) is 12.2. The summed E-state index contributed by atoms with van der Waals surface area (Å²) in [6, 6.07) is 4.44. The molecule has 2 rings (SSSR count). The number of rotatable bonds is 5. The van der Waals surface area contributed by atoms with Gasteiger partial charge >= 0.3 is 0 Å². The highest BCUT2D eigenvalue weighted by molar-refractivity contribution is 7.16. The van der Waals surface area contributed by atoms with Gasteiger partial charge in [-0.25, -0.2) is 4.98 Å². The predicted molar refractivity (Wildman–Crippen MR) is 77.0 cm³/mol. The van der Waals surface area contributed by atoms with Crippen LogP contribution in [-0.4, -0.2) is 30.5 Å². The Balaban J connectivity index is 1.96. The number of thiophene rings is 1. The van der Waals surface area contributed by atoms with E-state index in [0.717, 1.165) is 17.2 Å². The monoisotopic (exact) mass is 266 g/mol. The lowest BCUT2D eigenvalue weighted by Crippen LogP contribution is -2.13. The molecule has 0 fully saturated rings. The van der Waals surface area contributed by atoms with Crippen LogP contribution in [0.1, 0.15) is 16.3 Å². The first-order valence-corrected chi connectivity index (χ1v) is 7.51. The molecule has 0 unspecified atom stereocenters. The molecule has 92 valence electrons. The maximum absolute atomic E-state index is 4.52. The van der Waals surface area contributed by atoms with Crippen molar-refractivity contribution < 1.29 is 0 Å². The molecule has 0 atom stereocenters. The Bertz CT molecular complexity index is 471. The van der Waals surface area contributed by atoms with Crippen LogP contribution in [0, 0.1) is 6.92 Å². The minimum atomic E-state index is 1.14. The SMILES string of the molecule is Cc1nc(-c2ccc(CCCN(C)C)s2)cs1. The number of hydrogen-bond donors (Lipinski definition) is 0. The van der Waals surface area contributed by atoms with Crippen molar-refractivity contribution in [2.75, 3.05) is 20.6 Å². The molecule has 0 aliphatic carbocycles. The van der Waals surface area contributed by atoms with Crippen LogP contribution in [-0.2, 0) is 6.42 Å². The van der Waals surface area contributed by atoms with E-state index in [-0.39, 0.29) is 0 Å². The first-order chi connectivity index (χ1) is 8.15. The first kappa shape index (κ1) is 12.7. The minimum Gasteiger partial charge on any atom is -0.309 e. The van der Waals surface area contributed by atoms with Gasteiger partial charge in [-0.05, 0) is 52.5 Å². The van der Waals surface area contributed by atoms with E-state index >= 15 is 0 Å². The van der Waals surface area contributed by atoms with Gasteiger partial charge < -0.3 is 4.90 Å². The first-order valence-electron chi connectivity index (χ1n) is 5.81. The molecule has 2 heterocycles. The van der Waals surface area contributed by atoms with Crippen LogP contribution in [0.2, 0.25) is 0 Å². The topological polar surface area (TPSA) is 16.1 Å². The van der Waals surface area contributed by atoms with Crippen LogP contribution in [0.25, 0.3) is 10.6 Å². The van der Waals surface area contributed by atoms with Crippen LogP contribution < -0.4 is 0 Å². The average molecular weight is 266 g/mol. The van der Waals surface area contributed by atoms with E-state index in [1.165, 1.54) is 22.6 Å². The highest BCUT2D eigenvalue weighted by atomic mass is 32.1. The Morgan fingerprint density at radius 2 is 2.12 bits per heavy atom. The molecule has 0 aromatic carbocycles. The second-order valence-corrected chi connectivity index (χ2v) is 6.66. The smallest absolute Gasteiger partial charge is 0.0914 e.